The smallest absolute Gasteiger partial charge is 0.238 e. The molecule has 4 nitrogen and oxygen atoms in total. The number of rotatable bonds is 4. The molecule has 1 aromatic rings. The molecular weight excluding hydrogens is 192 g/mol. The average Bonchev–Trinajstić information content (AvgIpc) is 2.18. The van der Waals surface area contributed by atoms with Gasteiger partial charge in [0, 0.05) is 11.8 Å². The molecule has 0 aromatic heterocycles. The van der Waals surface area contributed by atoms with Crippen molar-refractivity contribution < 1.29 is 9.90 Å². The van der Waals surface area contributed by atoms with Crippen molar-refractivity contribution in [2.45, 2.75) is 0 Å². The molecule has 78 valence electrons. The number of terminal acetylenes is 1. The van der Waals surface area contributed by atoms with Gasteiger partial charge in [0.15, 0.2) is 0 Å². The van der Waals surface area contributed by atoms with Crippen LogP contribution < -0.4 is 10.6 Å². The lowest BCUT2D eigenvalue weighted by Gasteiger charge is -2.05. The van der Waals surface area contributed by atoms with Gasteiger partial charge < -0.3 is 10.4 Å². The van der Waals surface area contributed by atoms with Crippen LogP contribution in [0.1, 0.15) is 0 Å². The maximum atomic E-state index is 11.3. The first-order valence-electron chi connectivity index (χ1n) is 4.45. The van der Waals surface area contributed by atoms with Crippen LogP contribution in [-0.2, 0) is 4.79 Å². The van der Waals surface area contributed by atoms with Gasteiger partial charge in [-0.15, -0.1) is 6.42 Å². The third-order valence-electron chi connectivity index (χ3n) is 1.64. The fourth-order valence-electron chi connectivity index (χ4n) is 1.04. The Bertz CT molecular complexity index is 382. The number of amides is 1. The highest BCUT2D eigenvalue weighted by atomic mass is 16.3. The minimum Gasteiger partial charge on any atom is -0.508 e. The molecule has 0 aliphatic heterocycles. The Morgan fingerprint density at radius 3 is 3.00 bits per heavy atom. The van der Waals surface area contributed by atoms with E-state index in [2.05, 4.69) is 16.6 Å². The first-order chi connectivity index (χ1) is 7.22. The Labute approximate surface area is 88.3 Å². The fourth-order valence-corrected chi connectivity index (χ4v) is 1.04. The van der Waals surface area contributed by atoms with Crippen LogP contribution in [0.15, 0.2) is 24.3 Å². The third kappa shape index (κ3) is 4.16. The van der Waals surface area contributed by atoms with E-state index in [-0.39, 0.29) is 18.2 Å². The van der Waals surface area contributed by atoms with Gasteiger partial charge in [0.25, 0.3) is 0 Å². The Hall–Kier alpha value is -1.99. The van der Waals surface area contributed by atoms with Gasteiger partial charge in [-0.2, -0.15) is 0 Å². The molecule has 1 aromatic carbocycles. The SMILES string of the molecule is C#CCNCC(=O)Nc1cccc(O)c1. The number of nitrogens with one attached hydrogen (secondary N) is 2. The summed E-state index contributed by atoms with van der Waals surface area (Å²) in [6, 6.07) is 6.35. The Morgan fingerprint density at radius 2 is 2.33 bits per heavy atom. The van der Waals surface area contributed by atoms with Crippen molar-refractivity contribution in [1.82, 2.24) is 5.32 Å². The largest absolute Gasteiger partial charge is 0.508 e. The van der Waals surface area contributed by atoms with Crippen LogP contribution in [-0.4, -0.2) is 24.1 Å². The van der Waals surface area contributed by atoms with Gasteiger partial charge in [-0.3, -0.25) is 10.1 Å². The number of phenols is 1. The van der Waals surface area contributed by atoms with E-state index in [4.69, 9.17) is 11.5 Å². The number of hydrogen-bond donors (Lipinski definition) is 3. The zero-order chi connectivity index (χ0) is 11.1. The number of hydrogen-bond acceptors (Lipinski definition) is 3. The molecule has 3 N–H and O–H groups in total. The van der Waals surface area contributed by atoms with Crippen LogP contribution in [0.25, 0.3) is 0 Å². The van der Waals surface area contributed by atoms with Crippen molar-refractivity contribution in [3.63, 3.8) is 0 Å². The second kappa shape index (κ2) is 5.68. The van der Waals surface area contributed by atoms with Crippen LogP contribution in [0.2, 0.25) is 0 Å². The lowest BCUT2D eigenvalue weighted by Crippen LogP contribution is -2.28. The normalized spacial score (nSPS) is 9.27. The molecule has 0 aliphatic carbocycles. The topological polar surface area (TPSA) is 61.4 Å². The summed E-state index contributed by atoms with van der Waals surface area (Å²) < 4.78 is 0. The highest BCUT2D eigenvalue weighted by Crippen LogP contribution is 2.14. The number of carbonyl (C=O) groups excluding carboxylic acids is 1. The molecule has 15 heavy (non-hydrogen) atoms. The molecule has 0 atom stereocenters. The van der Waals surface area contributed by atoms with Gasteiger partial charge in [-0.25, -0.2) is 0 Å². The van der Waals surface area contributed by atoms with E-state index in [1.54, 1.807) is 12.1 Å². The summed E-state index contributed by atoms with van der Waals surface area (Å²) in [6.45, 7) is 0.507. The zero-order valence-electron chi connectivity index (χ0n) is 8.16. The van der Waals surface area contributed by atoms with Gasteiger partial charge in [0.05, 0.1) is 13.1 Å². The molecule has 4 heteroatoms. The summed E-state index contributed by atoms with van der Waals surface area (Å²) in [6.07, 6.45) is 5.01. The van der Waals surface area contributed by atoms with Crippen LogP contribution in [0.4, 0.5) is 5.69 Å². The van der Waals surface area contributed by atoms with Crippen molar-refractivity contribution in [3.8, 4) is 18.1 Å². The lowest BCUT2D eigenvalue weighted by atomic mass is 10.3. The summed E-state index contributed by atoms with van der Waals surface area (Å²) in [5.41, 5.74) is 0.558. The molecule has 0 fully saturated rings. The Balaban J connectivity index is 2.42. The number of aromatic hydroxyl groups is 1. The van der Waals surface area contributed by atoms with Crippen LogP contribution in [0.5, 0.6) is 5.75 Å². The predicted molar refractivity (Wildman–Crippen MR) is 58.4 cm³/mol. The number of phenolic OH excluding ortho intramolecular Hbond substituents is 1. The molecule has 0 radical (unpaired) electrons. The van der Waals surface area contributed by atoms with Crippen molar-refractivity contribution in [2.24, 2.45) is 0 Å². The average molecular weight is 204 g/mol. The van der Waals surface area contributed by atoms with Crippen LogP contribution in [0, 0.1) is 12.3 Å². The van der Waals surface area contributed by atoms with Gasteiger partial charge in [-0.1, -0.05) is 12.0 Å². The number of carbonyl (C=O) groups is 1. The Morgan fingerprint density at radius 1 is 1.53 bits per heavy atom. The molecule has 0 bridgehead atoms. The maximum absolute atomic E-state index is 11.3. The second-order valence-corrected chi connectivity index (χ2v) is 2.91. The fraction of sp³-hybridized carbons (Fsp3) is 0.182. The van der Waals surface area contributed by atoms with E-state index in [1.165, 1.54) is 12.1 Å². The highest BCUT2D eigenvalue weighted by Gasteiger charge is 2.01. The first kappa shape index (κ1) is 11.1. The molecule has 0 saturated heterocycles. The summed E-state index contributed by atoms with van der Waals surface area (Å²) in [4.78, 5) is 11.3. The summed E-state index contributed by atoms with van der Waals surface area (Å²) in [5.74, 6) is 2.28. The van der Waals surface area contributed by atoms with Crippen molar-refractivity contribution in [3.05, 3.63) is 24.3 Å². The van der Waals surface area contributed by atoms with E-state index >= 15 is 0 Å². The summed E-state index contributed by atoms with van der Waals surface area (Å²) in [5, 5.41) is 14.5. The summed E-state index contributed by atoms with van der Waals surface area (Å²) >= 11 is 0. The standard InChI is InChI=1S/C11H12N2O2/c1-2-6-12-8-11(15)13-9-4-3-5-10(14)7-9/h1,3-5,7,12,14H,6,8H2,(H,13,15). The molecule has 1 rings (SSSR count). The molecular formula is C11H12N2O2. The lowest BCUT2D eigenvalue weighted by molar-refractivity contribution is -0.115. The third-order valence-corrected chi connectivity index (χ3v) is 1.64. The molecule has 0 heterocycles. The van der Waals surface area contributed by atoms with E-state index in [1.807, 2.05) is 0 Å². The Kier molecular flexibility index (Phi) is 4.20. The predicted octanol–water partition coefficient (Wildman–Crippen LogP) is 0.553. The molecule has 0 saturated carbocycles. The molecule has 0 unspecified atom stereocenters. The van der Waals surface area contributed by atoms with Gasteiger partial charge >= 0.3 is 0 Å². The van der Waals surface area contributed by atoms with Crippen molar-refractivity contribution in [1.29, 1.82) is 0 Å². The quantitative estimate of drug-likeness (QED) is 0.496. The molecule has 1 amide bonds. The molecule has 0 aliphatic rings. The number of benzene rings is 1. The van der Waals surface area contributed by atoms with Gasteiger partial charge in [-0.05, 0) is 12.1 Å². The minimum atomic E-state index is -0.198. The first-order valence-corrected chi connectivity index (χ1v) is 4.45. The van der Waals surface area contributed by atoms with Gasteiger partial charge in [0.2, 0.25) is 5.91 Å². The zero-order valence-corrected chi connectivity index (χ0v) is 8.16. The van der Waals surface area contributed by atoms with Gasteiger partial charge in [0.1, 0.15) is 5.75 Å². The van der Waals surface area contributed by atoms with E-state index < -0.39 is 0 Å². The maximum Gasteiger partial charge on any atom is 0.238 e. The highest BCUT2D eigenvalue weighted by molar-refractivity contribution is 5.92. The molecule has 0 spiro atoms. The second-order valence-electron chi connectivity index (χ2n) is 2.91. The van der Waals surface area contributed by atoms with Crippen LogP contribution >= 0.6 is 0 Å². The van der Waals surface area contributed by atoms with E-state index in [9.17, 15) is 4.79 Å². The van der Waals surface area contributed by atoms with Crippen LogP contribution in [0.3, 0.4) is 0 Å². The van der Waals surface area contributed by atoms with Crippen molar-refractivity contribution in [2.75, 3.05) is 18.4 Å². The number of anilines is 1. The minimum absolute atomic E-state index is 0.115. The summed E-state index contributed by atoms with van der Waals surface area (Å²) in [7, 11) is 0. The van der Waals surface area contributed by atoms with Crippen molar-refractivity contribution >= 4 is 11.6 Å². The monoisotopic (exact) mass is 204 g/mol. The van der Waals surface area contributed by atoms with E-state index in [0.29, 0.717) is 12.2 Å². The van der Waals surface area contributed by atoms with E-state index in [0.717, 1.165) is 0 Å².